The molecular formula is C22H21ClN2O4. The lowest BCUT2D eigenvalue weighted by atomic mass is 10.1. The first-order chi connectivity index (χ1) is 13.9. The molecule has 1 N–H and O–H groups in total. The molecule has 6 nitrogen and oxygen atoms in total. The fourth-order valence-electron chi connectivity index (χ4n) is 2.95. The maximum absolute atomic E-state index is 12.3. The Morgan fingerprint density at radius 3 is 2.72 bits per heavy atom. The maximum atomic E-state index is 12.3. The van der Waals surface area contributed by atoms with Crippen molar-refractivity contribution in [2.24, 2.45) is 0 Å². The molecule has 7 heteroatoms. The van der Waals surface area contributed by atoms with Gasteiger partial charge in [-0.3, -0.25) is 9.69 Å². The lowest BCUT2D eigenvalue weighted by Crippen LogP contribution is -2.30. The Bertz CT molecular complexity index is 1000. The van der Waals surface area contributed by atoms with Crippen LogP contribution in [-0.4, -0.2) is 30.5 Å². The van der Waals surface area contributed by atoms with Gasteiger partial charge in [0.1, 0.15) is 12.3 Å². The van der Waals surface area contributed by atoms with Gasteiger partial charge in [0.15, 0.2) is 11.5 Å². The van der Waals surface area contributed by atoms with Crippen molar-refractivity contribution >= 4 is 29.6 Å². The summed E-state index contributed by atoms with van der Waals surface area (Å²) in [6, 6.07) is 10.8. The number of amides is 3. The minimum absolute atomic E-state index is 0.137. The van der Waals surface area contributed by atoms with Crippen molar-refractivity contribution in [1.29, 1.82) is 0 Å². The highest BCUT2D eigenvalue weighted by atomic mass is 35.5. The SMILES string of the molecule is C=CCN1C(=O)N/C(=C/c2cc(Cl)c(OCc3cccc(C)c3)c(OC)c2)C1=O. The number of rotatable bonds is 7. The van der Waals surface area contributed by atoms with Gasteiger partial charge in [-0.1, -0.05) is 47.5 Å². The smallest absolute Gasteiger partial charge is 0.329 e. The van der Waals surface area contributed by atoms with Crippen LogP contribution in [0, 0.1) is 6.92 Å². The molecule has 0 saturated carbocycles. The van der Waals surface area contributed by atoms with E-state index in [2.05, 4.69) is 11.9 Å². The number of urea groups is 1. The average molecular weight is 413 g/mol. The van der Waals surface area contributed by atoms with Gasteiger partial charge in [-0.2, -0.15) is 0 Å². The number of carbonyl (C=O) groups excluding carboxylic acids is 2. The van der Waals surface area contributed by atoms with Crippen LogP contribution in [0.25, 0.3) is 6.08 Å². The van der Waals surface area contributed by atoms with E-state index < -0.39 is 11.9 Å². The molecule has 0 atom stereocenters. The van der Waals surface area contributed by atoms with E-state index >= 15 is 0 Å². The first-order valence-corrected chi connectivity index (χ1v) is 9.32. The Morgan fingerprint density at radius 1 is 1.24 bits per heavy atom. The molecule has 1 saturated heterocycles. The molecule has 1 aliphatic heterocycles. The highest BCUT2D eigenvalue weighted by molar-refractivity contribution is 6.32. The van der Waals surface area contributed by atoms with E-state index in [0.717, 1.165) is 16.0 Å². The summed E-state index contributed by atoms with van der Waals surface area (Å²) in [5, 5.41) is 2.88. The highest BCUT2D eigenvalue weighted by Gasteiger charge is 2.32. The van der Waals surface area contributed by atoms with Crippen molar-refractivity contribution in [2.75, 3.05) is 13.7 Å². The minimum Gasteiger partial charge on any atom is -0.493 e. The molecule has 3 amide bonds. The van der Waals surface area contributed by atoms with Crippen LogP contribution in [-0.2, 0) is 11.4 Å². The predicted octanol–water partition coefficient (Wildman–Crippen LogP) is 4.31. The fourth-order valence-corrected chi connectivity index (χ4v) is 3.23. The number of ether oxygens (including phenoxy) is 2. The number of hydrogen-bond donors (Lipinski definition) is 1. The van der Waals surface area contributed by atoms with E-state index in [1.165, 1.54) is 13.2 Å². The van der Waals surface area contributed by atoms with Crippen molar-refractivity contribution in [3.05, 3.63) is 76.5 Å². The van der Waals surface area contributed by atoms with E-state index in [1.807, 2.05) is 31.2 Å². The summed E-state index contributed by atoms with van der Waals surface area (Å²) < 4.78 is 11.3. The van der Waals surface area contributed by atoms with Gasteiger partial charge in [-0.05, 0) is 36.3 Å². The van der Waals surface area contributed by atoms with Crippen LogP contribution in [0.15, 0.2) is 54.8 Å². The van der Waals surface area contributed by atoms with Gasteiger partial charge < -0.3 is 14.8 Å². The third-order valence-corrected chi connectivity index (χ3v) is 4.58. The number of aryl methyl sites for hydroxylation is 1. The van der Waals surface area contributed by atoms with Gasteiger partial charge in [-0.15, -0.1) is 6.58 Å². The van der Waals surface area contributed by atoms with E-state index in [1.54, 1.807) is 18.2 Å². The summed E-state index contributed by atoms with van der Waals surface area (Å²) >= 11 is 6.41. The number of nitrogens with zero attached hydrogens (tertiary/aromatic N) is 1. The van der Waals surface area contributed by atoms with Crippen molar-refractivity contribution < 1.29 is 19.1 Å². The van der Waals surface area contributed by atoms with Crippen LogP contribution < -0.4 is 14.8 Å². The van der Waals surface area contributed by atoms with Crippen LogP contribution >= 0.6 is 11.6 Å². The lowest BCUT2D eigenvalue weighted by molar-refractivity contribution is -0.122. The zero-order chi connectivity index (χ0) is 21.0. The second-order valence-corrected chi connectivity index (χ2v) is 6.91. The normalized spacial score (nSPS) is 14.9. The Morgan fingerprint density at radius 2 is 2.03 bits per heavy atom. The number of nitrogens with one attached hydrogen (secondary N) is 1. The van der Waals surface area contributed by atoms with Crippen LogP contribution in [0.2, 0.25) is 5.02 Å². The lowest BCUT2D eigenvalue weighted by Gasteiger charge is -2.14. The Labute approximate surface area is 174 Å². The molecule has 3 rings (SSSR count). The van der Waals surface area contributed by atoms with E-state index in [4.69, 9.17) is 21.1 Å². The zero-order valence-corrected chi connectivity index (χ0v) is 17.0. The number of carbonyl (C=O) groups is 2. The molecule has 29 heavy (non-hydrogen) atoms. The molecule has 150 valence electrons. The number of imide groups is 1. The second kappa shape index (κ2) is 8.84. The Balaban J connectivity index is 1.84. The molecule has 1 heterocycles. The average Bonchev–Trinajstić information content (AvgIpc) is 2.94. The van der Waals surface area contributed by atoms with Crippen molar-refractivity contribution in [1.82, 2.24) is 10.2 Å². The predicted molar refractivity (Wildman–Crippen MR) is 112 cm³/mol. The first-order valence-electron chi connectivity index (χ1n) is 8.94. The minimum atomic E-state index is -0.489. The standard InChI is InChI=1S/C22H21ClN2O4/c1-4-8-25-21(26)18(24-22(25)27)11-16-10-17(23)20(19(12-16)28-3)29-13-15-7-5-6-14(2)9-15/h4-7,9-12H,1,8,13H2,2-3H3,(H,24,27)/b18-11+. The molecule has 2 aromatic carbocycles. The summed E-state index contributed by atoms with van der Waals surface area (Å²) in [6.45, 7) is 6.03. The number of methoxy groups -OCH3 is 1. The van der Waals surface area contributed by atoms with Gasteiger partial charge in [-0.25, -0.2) is 4.79 Å². The fraction of sp³-hybridized carbons (Fsp3) is 0.182. The summed E-state index contributed by atoms with van der Waals surface area (Å²) in [5.41, 5.74) is 2.90. The second-order valence-electron chi connectivity index (χ2n) is 6.50. The largest absolute Gasteiger partial charge is 0.493 e. The molecule has 0 aliphatic carbocycles. The van der Waals surface area contributed by atoms with E-state index in [0.29, 0.717) is 28.7 Å². The van der Waals surface area contributed by atoms with Crippen molar-refractivity contribution in [2.45, 2.75) is 13.5 Å². The summed E-state index contributed by atoms with van der Waals surface area (Å²) in [6.07, 6.45) is 3.03. The summed E-state index contributed by atoms with van der Waals surface area (Å²) in [4.78, 5) is 25.3. The van der Waals surface area contributed by atoms with Gasteiger partial charge in [0, 0.05) is 6.54 Å². The highest BCUT2D eigenvalue weighted by Crippen LogP contribution is 2.37. The summed E-state index contributed by atoms with van der Waals surface area (Å²) in [5.74, 6) is 0.411. The molecule has 0 spiro atoms. The molecular weight excluding hydrogens is 392 g/mol. The van der Waals surface area contributed by atoms with Gasteiger partial charge in [0.05, 0.1) is 12.1 Å². The topological polar surface area (TPSA) is 67.9 Å². The van der Waals surface area contributed by atoms with Gasteiger partial charge >= 0.3 is 6.03 Å². The number of halogens is 1. The van der Waals surface area contributed by atoms with Crippen LogP contribution in [0.5, 0.6) is 11.5 Å². The van der Waals surface area contributed by atoms with E-state index in [9.17, 15) is 9.59 Å². The number of hydrogen-bond acceptors (Lipinski definition) is 4. The molecule has 0 aromatic heterocycles. The Kier molecular flexibility index (Phi) is 6.24. The van der Waals surface area contributed by atoms with Crippen molar-refractivity contribution in [3.8, 4) is 11.5 Å². The molecule has 2 aromatic rings. The van der Waals surface area contributed by atoms with Crippen LogP contribution in [0.3, 0.4) is 0 Å². The third kappa shape index (κ3) is 4.60. The van der Waals surface area contributed by atoms with Crippen LogP contribution in [0.4, 0.5) is 4.79 Å². The Hall–Kier alpha value is -3.25. The first kappa shape index (κ1) is 20.5. The monoisotopic (exact) mass is 412 g/mol. The van der Waals surface area contributed by atoms with Crippen molar-refractivity contribution in [3.63, 3.8) is 0 Å². The van der Waals surface area contributed by atoms with E-state index in [-0.39, 0.29) is 12.2 Å². The van der Waals surface area contributed by atoms with Crippen LogP contribution in [0.1, 0.15) is 16.7 Å². The zero-order valence-electron chi connectivity index (χ0n) is 16.2. The van der Waals surface area contributed by atoms with Gasteiger partial charge in [0.2, 0.25) is 0 Å². The molecule has 0 bridgehead atoms. The number of benzene rings is 2. The van der Waals surface area contributed by atoms with Gasteiger partial charge in [0.25, 0.3) is 5.91 Å². The third-order valence-electron chi connectivity index (χ3n) is 4.30. The molecule has 0 radical (unpaired) electrons. The molecule has 0 unspecified atom stereocenters. The molecule has 1 aliphatic rings. The maximum Gasteiger partial charge on any atom is 0.329 e. The molecule has 1 fully saturated rings. The quantitative estimate of drug-likeness (QED) is 0.418. The summed E-state index contributed by atoms with van der Waals surface area (Å²) in [7, 11) is 1.51.